The molecule has 0 atom stereocenters. The first-order valence-electron chi connectivity index (χ1n) is 10.4. The molecular weight excluding hydrogens is 360 g/mol. The van der Waals surface area contributed by atoms with Gasteiger partial charge in [-0.1, -0.05) is 76.1 Å². The Labute approximate surface area is 177 Å². The summed E-state index contributed by atoms with van der Waals surface area (Å²) >= 11 is 0. The number of esters is 1. The molecule has 29 heavy (non-hydrogen) atoms. The lowest BCUT2D eigenvalue weighted by Crippen LogP contribution is -2.26. The van der Waals surface area contributed by atoms with Crippen LogP contribution in [-0.4, -0.2) is 18.4 Å². The summed E-state index contributed by atoms with van der Waals surface area (Å²) in [6.45, 7) is 16.0. The quantitative estimate of drug-likeness (QED) is 0.273. The number of hydrogen-bond donors (Lipinski definition) is 0. The summed E-state index contributed by atoms with van der Waals surface area (Å²) in [7, 11) is 0. The van der Waals surface area contributed by atoms with Crippen molar-refractivity contribution in [2.75, 3.05) is 6.61 Å². The molecule has 0 spiro atoms. The van der Waals surface area contributed by atoms with Crippen molar-refractivity contribution in [3.63, 3.8) is 0 Å². The number of carbonyl (C=O) groups is 2. The maximum Gasteiger partial charge on any atom is 0.331 e. The van der Waals surface area contributed by atoms with Crippen molar-refractivity contribution >= 4 is 11.8 Å². The van der Waals surface area contributed by atoms with Gasteiger partial charge in [-0.25, -0.2) is 4.79 Å². The summed E-state index contributed by atoms with van der Waals surface area (Å²) in [5.41, 5.74) is 4.60. The fourth-order valence-electron chi connectivity index (χ4n) is 3.26. The van der Waals surface area contributed by atoms with E-state index in [9.17, 15) is 9.59 Å². The molecule has 0 amide bonds. The zero-order valence-corrected chi connectivity index (χ0v) is 19.5. The fraction of sp³-hybridized carbons (Fsp3) is 0.538. The molecule has 0 radical (unpaired) electrons. The monoisotopic (exact) mass is 398 g/mol. The highest BCUT2D eigenvalue weighted by molar-refractivity contribution is 5.89. The van der Waals surface area contributed by atoms with Crippen molar-refractivity contribution in [2.24, 2.45) is 10.8 Å². The van der Waals surface area contributed by atoms with E-state index in [2.05, 4.69) is 39.8 Å². The highest BCUT2D eigenvalue weighted by Gasteiger charge is 2.26. The van der Waals surface area contributed by atoms with Crippen molar-refractivity contribution < 1.29 is 14.3 Å². The molecule has 1 aliphatic rings. The van der Waals surface area contributed by atoms with Crippen LogP contribution in [0.2, 0.25) is 0 Å². The number of Topliss-reactive ketones (excluding diaryl/α,β-unsaturated/α-hetero) is 1. The van der Waals surface area contributed by atoms with Crippen LogP contribution in [-0.2, 0) is 14.3 Å². The molecule has 3 nitrogen and oxygen atoms in total. The minimum atomic E-state index is -0.504. The van der Waals surface area contributed by atoms with E-state index in [0.29, 0.717) is 0 Å². The average Bonchev–Trinajstić information content (AvgIpc) is 2.57. The molecule has 0 aromatic rings. The first kappa shape index (κ1) is 24.9. The Morgan fingerprint density at radius 2 is 1.76 bits per heavy atom. The second kappa shape index (κ2) is 10.6. The molecule has 0 aromatic heterocycles. The summed E-state index contributed by atoms with van der Waals surface area (Å²) in [5, 5.41) is 0. The van der Waals surface area contributed by atoms with Gasteiger partial charge in [0.1, 0.15) is 0 Å². The van der Waals surface area contributed by atoms with Gasteiger partial charge in [0, 0.05) is 11.5 Å². The summed E-state index contributed by atoms with van der Waals surface area (Å²) in [4.78, 5) is 23.6. The molecular formula is C26H38O3. The third-order valence-corrected chi connectivity index (χ3v) is 5.30. The largest absolute Gasteiger partial charge is 0.454 e. The van der Waals surface area contributed by atoms with Crippen LogP contribution in [0.3, 0.4) is 0 Å². The van der Waals surface area contributed by atoms with E-state index in [4.69, 9.17) is 4.74 Å². The summed E-state index contributed by atoms with van der Waals surface area (Å²) in [6, 6.07) is 0. The van der Waals surface area contributed by atoms with Crippen LogP contribution in [0, 0.1) is 10.8 Å². The Kier molecular flexibility index (Phi) is 9.07. The molecule has 0 aromatic carbocycles. The molecule has 0 fully saturated rings. The predicted octanol–water partition coefficient (Wildman–Crippen LogP) is 6.68. The smallest absolute Gasteiger partial charge is 0.331 e. The normalized spacial score (nSPS) is 18.6. The lowest BCUT2D eigenvalue weighted by molar-refractivity contribution is -0.145. The fourth-order valence-corrected chi connectivity index (χ4v) is 3.26. The molecule has 0 saturated heterocycles. The first-order valence-corrected chi connectivity index (χ1v) is 10.4. The molecule has 1 aliphatic carbocycles. The van der Waals surface area contributed by atoms with Gasteiger partial charge in [-0.05, 0) is 56.6 Å². The first-order chi connectivity index (χ1) is 13.3. The topological polar surface area (TPSA) is 43.4 Å². The van der Waals surface area contributed by atoms with E-state index in [-0.39, 0.29) is 17.8 Å². The van der Waals surface area contributed by atoms with Gasteiger partial charge < -0.3 is 4.74 Å². The minimum Gasteiger partial charge on any atom is -0.454 e. The van der Waals surface area contributed by atoms with Gasteiger partial charge >= 0.3 is 5.97 Å². The van der Waals surface area contributed by atoms with E-state index >= 15 is 0 Å². The third-order valence-electron chi connectivity index (χ3n) is 5.30. The molecule has 160 valence electrons. The third kappa shape index (κ3) is 8.81. The van der Waals surface area contributed by atoms with E-state index in [0.717, 1.165) is 11.1 Å². The molecule has 0 bridgehead atoms. The van der Waals surface area contributed by atoms with Gasteiger partial charge in [0.25, 0.3) is 0 Å². The highest BCUT2D eigenvalue weighted by Crippen LogP contribution is 2.40. The van der Waals surface area contributed by atoms with Crippen LogP contribution in [0.25, 0.3) is 0 Å². The molecule has 1 rings (SSSR count). The number of allylic oxidation sites excluding steroid dienone is 9. The summed E-state index contributed by atoms with van der Waals surface area (Å²) in [6.07, 6.45) is 15.3. The molecule has 3 heteroatoms. The second-order valence-corrected chi connectivity index (χ2v) is 9.70. The lowest BCUT2D eigenvalue weighted by atomic mass is 9.72. The standard InChI is InChI=1S/C26H38O3/c1-19(14-15-22-21(3)13-10-16-26(22,7)8)11-9-12-20(2)17-24(28)29-18-23(27)25(4,5)6/h9,11-12,14-15,17H,10,13,16,18H2,1-8H3/b12-9+,15-14+,19-11-,20-17+. The Bertz CT molecular complexity index is 762. The van der Waals surface area contributed by atoms with Crippen molar-refractivity contribution in [2.45, 2.75) is 74.7 Å². The number of carbonyl (C=O) groups excluding carboxylic acids is 2. The van der Waals surface area contributed by atoms with Crippen LogP contribution in [0.1, 0.15) is 74.7 Å². The Balaban J connectivity index is 2.65. The zero-order chi connectivity index (χ0) is 22.2. The van der Waals surface area contributed by atoms with Crippen molar-refractivity contribution in [1.29, 1.82) is 0 Å². The SMILES string of the molecule is CC1=C(/C=C/C(C)=C\C=C\C(C)=C\C(=O)OCC(=O)C(C)(C)C)C(C)(C)CCC1. The Hall–Kier alpha value is -2.16. The van der Waals surface area contributed by atoms with Gasteiger partial charge in [-0.3, -0.25) is 4.79 Å². The molecule has 0 heterocycles. The van der Waals surface area contributed by atoms with Gasteiger partial charge in [0.15, 0.2) is 12.4 Å². The van der Waals surface area contributed by atoms with Gasteiger partial charge in [-0.15, -0.1) is 0 Å². The van der Waals surface area contributed by atoms with Crippen LogP contribution >= 0.6 is 0 Å². The lowest BCUT2D eigenvalue weighted by Gasteiger charge is -2.32. The van der Waals surface area contributed by atoms with E-state index in [1.54, 1.807) is 0 Å². The van der Waals surface area contributed by atoms with Gasteiger partial charge in [-0.2, -0.15) is 0 Å². The van der Waals surface area contributed by atoms with Crippen LogP contribution in [0.15, 0.2) is 58.7 Å². The maximum absolute atomic E-state index is 11.8. The van der Waals surface area contributed by atoms with Gasteiger partial charge in [0.2, 0.25) is 0 Å². The predicted molar refractivity (Wildman–Crippen MR) is 122 cm³/mol. The van der Waals surface area contributed by atoms with Crippen LogP contribution < -0.4 is 0 Å². The van der Waals surface area contributed by atoms with E-state index in [1.807, 2.05) is 45.9 Å². The number of hydrogen-bond acceptors (Lipinski definition) is 3. The Morgan fingerprint density at radius 3 is 2.34 bits per heavy atom. The van der Waals surface area contributed by atoms with Crippen LogP contribution in [0.4, 0.5) is 0 Å². The van der Waals surface area contributed by atoms with E-state index in [1.165, 1.54) is 36.5 Å². The summed E-state index contributed by atoms with van der Waals surface area (Å²) in [5.74, 6) is -0.587. The van der Waals surface area contributed by atoms with Crippen molar-refractivity contribution in [3.8, 4) is 0 Å². The van der Waals surface area contributed by atoms with Crippen LogP contribution in [0.5, 0.6) is 0 Å². The number of rotatable bonds is 7. The van der Waals surface area contributed by atoms with Crippen molar-refractivity contribution in [1.82, 2.24) is 0 Å². The van der Waals surface area contributed by atoms with E-state index < -0.39 is 11.4 Å². The molecule has 0 unspecified atom stereocenters. The average molecular weight is 399 g/mol. The van der Waals surface area contributed by atoms with Gasteiger partial charge in [0.05, 0.1) is 0 Å². The number of ketones is 1. The molecule has 0 aliphatic heterocycles. The minimum absolute atomic E-state index is 0.0933. The molecule has 0 N–H and O–H groups in total. The maximum atomic E-state index is 11.8. The highest BCUT2D eigenvalue weighted by atomic mass is 16.5. The second-order valence-electron chi connectivity index (χ2n) is 9.70. The molecule has 0 saturated carbocycles. The number of ether oxygens (including phenoxy) is 1. The van der Waals surface area contributed by atoms with Crippen molar-refractivity contribution in [3.05, 3.63) is 58.7 Å². The zero-order valence-electron chi connectivity index (χ0n) is 19.5. The summed E-state index contributed by atoms with van der Waals surface area (Å²) < 4.78 is 5.03. The Morgan fingerprint density at radius 1 is 1.10 bits per heavy atom.